The third-order valence-electron chi connectivity index (χ3n) is 2.62. The van der Waals surface area contributed by atoms with Crippen LogP contribution in [0.25, 0.3) is 0 Å². The molecule has 0 saturated heterocycles. The van der Waals surface area contributed by atoms with E-state index in [0.29, 0.717) is 11.6 Å². The van der Waals surface area contributed by atoms with Gasteiger partial charge in [0.1, 0.15) is 6.10 Å². The molecule has 3 nitrogen and oxygen atoms in total. The van der Waals surface area contributed by atoms with Gasteiger partial charge >= 0.3 is 0 Å². The summed E-state index contributed by atoms with van der Waals surface area (Å²) in [7, 11) is 1.65. The van der Waals surface area contributed by atoms with Gasteiger partial charge < -0.3 is 9.26 Å². The maximum atomic E-state index is 5.92. The summed E-state index contributed by atoms with van der Waals surface area (Å²) in [5.41, 5.74) is 2.89. The zero-order valence-corrected chi connectivity index (χ0v) is 10.6. The van der Waals surface area contributed by atoms with E-state index in [1.807, 2.05) is 37.3 Å². The third-order valence-corrected chi connectivity index (χ3v) is 2.91. The number of hydrogen-bond acceptors (Lipinski definition) is 3. The van der Waals surface area contributed by atoms with Gasteiger partial charge in [0.2, 0.25) is 0 Å². The molecule has 4 heteroatoms. The molecule has 2 aromatic rings. The highest BCUT2D eigenvalue weighted by molar-refractivity contribution is 6.17. The van der Waals surface area contributed by atoms with Crippen molar-refractivity contribution in [2.24, 2.45) is 0 Å². The number of aryl methyl sites for hydroxylation is 1. The van der Waals surface area contributed by atoms with Crippen molar-refractivity contribution in [2.45, 2.75) is 18.9 Å². The van der Waals surface area contributed by atoms with Gasteiger partial charge in [0.15, 0.2) is 5.76 Å². The maximum Gasteiger partial charge on any atom is 0.170 e. The Kier molecular flexibility index (Phi) is 3.82. The van der Waals surface area contributed by atoms with Crippen LogP contribution >= 0.6 is 11.6 Å². The number of methoxy groups -OCH3 is 1. The van der Waals surface area contributed by atoms with E-state index in [2.05, 4.69) is 5.16 Å². The second-order valence-corrected chi connectivity index (χ2v) is 4.09. The molecule has 0 amide bonds. The Hall–Kier alpha value is -1.32. The number of benzene rings is 1. The van der Waals surface area contributed by atoms with Gasteiger partial charge in [-0.3, -0.25) is 0 Å². The zero-order chi connectivity index (χ0) is 12.3. The average Bonchev–Trinajstić information content (AvgIpc) is 2.77. The highest BCUT2D eigenvalue weighted by atomic mass is 35.5. The van der Waals surface area contributed by atoms with Crippen molar-refractivity contribution in [3.8, 4) is 0 Å². The highest BCUT2D eigenvalue weighted by Gasteiger charge is 2.20. The van der Waals surface area contributed by atoms with Crippen molar-refractivity contribution >= 4 is 11.6 Å². The Morgan fingerprint density at radius 3 is 2.76 bits per heavy atom. The summed E-state index contributed by atoms with van der Waals surface area (Å²) in [5.74, 6) is 1.14. The fraction of sp³-hybridized carbons (Fsp3) is 0.308. The zero-order valence-electron chi connectivity index (χ0n) is 9.81. The fourth-order valence-electron chi connectivity index (χ4n) is 1.81. The minimum absolute atomic E-state index is 0.258. The number of halogens is 1. The molecule has 0 spiro atoms. The molecule has 0 saturated carbocycles. The number of alkyl halides is 1. The van der Waals surface area contributed by atoms with Crippen LogP contribution in [0.1, 0.15) is 28.7 Å². The molecule has 1 atom stereocenters. The first-order chi connectivity index (χ1) is 8.26. The maximum absolute atomic E-state index is 5.92. The summed E-state index contributed by atoms with van der Waals surface area (Å²) < 4.78 is 10.7. The summed E-state index contributed by atoms with van der Waals surface area (Å²) in [5, 5.41) is 3.88. The van der Waals surface area contributed by atoms with E-state index in [4.69, 9.17) is 20.9 Å². The first-order valence-electron chi connectivity index (χ1n) is 5.36. The van der Waals surface area contributed by atoms with Crippen LogP contribution in [0.4, 0.5) is 0 Å². The second kappa shape index (κ2) is 5.34. The molecule has 1 aromatic heterocycles. The summed E-state index contributed by atoms with van der Waals surface area (Å²) in [6, 6.07) is 9.76. The van der Waals surface area contributed by atoms with Gasteiger partial charge in [-0.25, -0.2) is 0 Å². The van der Waals surface area contributed by atoms with Gasteiger partial charge in [-0.2, -0.15) is 0 Å². The molecule has 0 radical (unpaired) electrons. The second-order valence-electron chi connectivity index (χ2n) is 3.82. The summed E-state index contributed by atoms with van der Waals surface area (Å²) in [6.45, 7) is 1.88. The molecule has 0 N–H and O–H groups in total. The smallest absolute Gasteiger partial charge is 0.170 e. The number of hydrogen-bond donors (Lipinski definition) is 0. The number of ether oxygens (including phenoxy) is 1. The molecule has 0 aliphatic rings. The van der Waals surface area contributed by atoms with Crippen LogP contribution in [0.2, 0.25) is 0 Å². The van der Waals surface area contributed by atoms with E-state index in [1.165, 1.54) is 0 Å². The lowest BCUT2D eigenvalue weighted by molar-refractivity contribution is 0.109. The quantitative estimate of drug-likeness (QED) is 0.781. The van der Waals surface area contributed by atoms with Crippen molar-refractivity contribution in [3.05, 3.63) is 52.9 Å². The SMILES string of the molecule is COC(c1cc(C)no1)c1ccccc1CCl. The van der Waals surface area contributed by atoms with E-state index in [9.17, 15) is 0 Å². The van der Waals surface area contributed by atoms with Crippen molar-refractivity contribution in [2.75, 3.05) is 7.11 Å². The van der Waals surface area contributed by atoms with E-state index in [1.54, 1.807) is 7.11 Å². The van der Waals surface area contributed by atoms with Gasteiger partial charge in [-0.15, -0.1) is 11.6 Å². The Morgan fingerprint density at radius 1 is 1.41 bits per heavy atom. The Bertz CT molecular complexity index is 496. The molecule has 0 fully saturated rings. The molecule has 0 bridgehead atoms. The van der Waals surface area contributed by atoms with Crippen LogP contribution in [0.15, 0.2) is 34.9 Å². The predicted octanol–water partition coefficient (Wildman–Crippen LogP) is 3.46. The molecule has 0 aliphatic heterocycles. The number of aromatic nitrogens is 1. The first kappa shape index (κ1) is 12.1. The molecule has 2 rings (SSSR count). The summed E-state index contributed by atoms with van der Waals surface area (Å²) >= 11 is 5.92. The average molecular weight is 252 g/mol. The van der Waals surface area contributed by atoms with Gasteiger partial charge in [-0.05, 0) is 18.1 Å². The Balaban J connectivity index is 2.41. The van der Waals surface area contributed by atoms with E-state index in [0.717, 1.165) is 16.8 Å². The van der Waals surface area contributed by atoms with Crippen LogP contribution < -0.4 is 0 Å². The lowest BCUT2D eigenvalue weighted by Crippen LogP contribution is -2.05. The highest BCUT2D eigenvalue weighted by Crippen LogP contribution is 2.29. The number of rotatable bonds is 4. The van der Waals surface area contributed by atoms with E-state index >= 15 is 0 Å². The van der Waals surface area contributed by atoms with Crippen molar-refractivity contribution in [3.63, 3.8) is 0 Å². The van der Waals surface area contributed by atoms with Crippen LogP contribution in [-0.4, -0.2) is 12.3 Å². The predicted molar refractivity (Wildman–Crippen MR) is 66.1 cm³/mol. The summed E-state index contributed by atoms with van der Waals surface area (Å²) in [6.07, 6.45) is -0.258. The van der Waals surface area contributed by atoms with Crippen LogP contribution in [0.3, 0.4) is 0 Å². The normalized spacial score (nSPS) is 12.6. The van der Waals surface area contributed by atoms with E-state index < -0.39 is 0 Å². The minimum Gasteiger partial charge on any atom is -0.369 e. The third kappa shape index (κ3) is 2.51. The monoisotopic (exact) mass is 251 g/mol. The van der Waals surface area contributed by atoms with Gasteiger partial charge in [0.05, 0.1) is 5.69 Å². The molecule has 90 valence electrons. The molecule has 1 heterocycles. The van der Waals surface area contributed by atoms with Gasteiger partial charge in [0.25, 0.3) is 0 Å². The molecule has 17 heavy (non-hydrogen) atoms. The minimum atomic E-state index is -0.258. The Morgan fingerprint density at radius 2 is 2.18 bits per heavy atom. The standard InChI is InChI=1S/C13H14ClNO2/c1-9-7-12(17-15-9)13(16-2)11-6-4-3-5-10(11)8-14/h3-7,13H,8H2,1-2H3. The lowest BCUT2D eigenvalue weighted by atomic mass is 10.0. The van der Waals surface area contributed by atoms with Crippen LogP contribution in [-0.2, 0) is 10.6 Å². The van der Waals surface area contributed by atoms with Crippen molar-refractivity contribution < 1.29 is 9.26 Å². The van der Waals surface area contributed by atoms with Crippen molar-refractivity contribution in [1.29, 1.82) is 0 Å². The van der Waals surface area contributed by atoms with Crippen LogP contribution in [0.5, 0.6) is 0 Å². The first-order valence-corrected chi connectivity index (χ1v) is 5.89. The fourth-order valence-corrected chi connectivity index (χ4v) is 2.06. The molecule has 1 unspecified atom stereocenters. The lowest BCUT2D eigenvalue weighted by Gasteiger charge is -2.15. The summed E-state index contributed by atoms with van der Waals surface area (Å²) in [4.78, 5) is 0. The largest absolute Gasteiger partial charge is 0.369 e. The van der Waals surface area contributed by atoms with Gasteiger partial charge in [0, 0.05) is 19.1 Å². The number of nitrogens with zero attached hydrogens (tertiary/aromatic N) is 1. The topological polar surface area (TPSA) is 35.3 Å². The molecule has 0 aliphatic carbocycles. The molecule has 1 aromatic carbocycles. The van der Waals surface area contributed by atoms with Crippen molar-refractivity contribution in [1.82, 2.24) is 5.16 Å². The Labute approximate surface area is 105 Å². The van der Waals surface area contributed by atoms with Gasteiger partial charge in [-0.1, -0.05) is 29.4 Å². The molecular weight excluding hydrogens is 238 g/mol. The van der Waals surface area contributed by atoms with Crippen LogP contribution in [0, 0.1) is 6.92 Å². The van der Waals surface area contributed by atoms with E-state index in [-0.39, 0.29) is 6.10 Å². The molecular formula is C13H14ClNO2.